The minimum absolute atomic E-state index is 0.0944. The molecule has 0 bridgehead atoms. The van der Waals surface area contributed by atoms with Crippen LogP contribution in [-0.2, 0) is 4.79 Å². The summed E-state index contributed by atoms with van der Waals surface area (Å²) in [6.45, 7) is 11.9. The topological polar surface area (TPSA) is 43.1 Å². The molecule has 0 saturated heterocycles. The fourth-order valence-electron chi connectivity index (χ4n) is 2.11. The predicted octanol–water partition coefficient (Wildman–Crippen LogP) is 4.17. The van der Waals surface area contributed by atoms with Gasteiger partial charge in [-0.1, -0.05) is 60.8 Å². The highest BCUT2D eigenvalue weighted by Crippen LogP contribution is 2.26. The summed E-state index contributed by atoms with van der Waals surface area (Å²) in [6, 6.07) is -0.194. The van der Waals surface area contributed by atoms with Gasteiger partial charge in [0.25, 0.3) is 0 Å². The number of hydrogen-bond acceptors (Lipinski definition) is 2. The first kappa shape index (κ1) is 19.0. The van der Waals surface area contributed by atoms with Crippen molar-refractivity contribution in [1.29, 1.82) is 0 Å². The minimum Gasteiger partial charge on any atom is -0.321 e. The van der Waals surface area contributed by atoms with Gasteiger partial charge in [0.05, 0.1) is 6.04 Å². The van der Waals surface area contributed by atoms with E-state index in [4.69, 9.17) is 5.73 Å². The molecule has 17 heavy (non-hydrogen) atoms. The molecular formula is C15H33NO. The van der Waals surface area contributed by atoms with Gasteiger partial charge in [-0.3, -0.25) is 4.79 Å². The number of carbonyl (C=O) groups is 1. The number of hydrogen-bond donors (Lipinski definition) is 1. The standard InChI is InChI=1S/C11H21NO.2C2H6/c1-8(2)11(13)10(12)9-6-4-3-5-7-9;2*1-2/h8-10H,3-7,12H2,1-2H3;2*1-2H3. The molecule has 0 aromatic carbocycles. The number of ketones is 1. The van der Waals surface area contributed by atoms with Crippen molar-refractivity contribution in [2.45, 2.75) is 79.7 Å². The van der Waals surface area contributed by atoms with Gasteiger partial charge in [-0.05, 0) is 18.8 Å². The molecule has 1 aliphatic carbocycles. The van der Waals surface area contributed by atoms with E-state index in [0.717, 1.165) is 12.8 Å². The molecule has 1 unspecified atom stereocenters. The Morgan fingerprint density at radius 1 is 1.00 bits per heavy atom. The van der Waals surface area contributed by atoms with Crippen molar-refractivity contribution >= 4 is 5.78 Å². The quantitative estimate of drug-likeness (QED) is 0.808. The van der Waals surface area contributed by atoms with Gasteiger partial charge in [-0.2, -0.15) is 0 Å². The third-order valence-electron chi connectivity index (χ3n) is 3.06. The third-order valence-corrected chi connectivity index (χ3v) is 3.06. The molecule has 2 nitrogen and oxygen atoms in total. The van der Waals surface area contributed by atoms with Crippen molar-refractivity contribution in [3.05, 3.63) is 0 Å². The highest BCUT2D eigenvalue weighted by molar-refractivity contribution is 5.85. The highest BCUT2D eigenvalue weighted by Gasteiger charge is 2.27. The van der Waals surface area contributed by atoms with E-state index in [1.165, 1.54) is 19.3 Å². The summed E-state index contributed by atoms with van der Waals surface area (Å²) in [5.41, 5.74) is 5.94. The summed E-state index contributed by atoms with van der Waals surface area (Å²) in [7, 11) is 0. The van der Waals surface area contributed by atoms with Gasteiger partial charge in [0.2, 0.25) is 0 Å². The molecule has 0 heterocycles. The maximum absolute atomic E-state index is 11.6. The fourth-order valence-corrected chi connectivity index (χ4v) is 2.11. The average Bonchev–Trinajstić information content (AvgIpc) is 2.42. The maximum atomic E-state index is 11.6. The Hall–Kier alpha value is -0.370. The zero-order valence-electron chi connectivity index (χ0n) is 12.8. The lowest BCUT2D eigenvalue weighted by Gasteiger charge is -2.27. The second kappa shape index (κ2) is 12.1. The van der Waals surface area contributed by atoms with Crippen LogP contribution >= 0.6 is 0 Å². The van der Waals surface area contributed by atoms with Crippen molar-refractivity contribution < 1.29 is 4.79 Å². The van der Waals surface area contributed by atoms with Crippen LogP contribution in [0.25, 0.3) is 0 Å². The second-order valence-electron chi connectivity index (χ2n) is 4.48. The molecule has 1 saturated carbocycles. The Balaban J connectivity index is 0. The van der Waals surface area contributed by atoms with Gasteiger partial charge in [0.1, 0.15) is 0 Å². The van der Waals surface area contributed by atoms with Gasteiger partial charge in [-0.25, -0.2) is 0 Å². The maximum Gasteiger partial charge on any atom is 0.152 e. The predicted molar refractivity (Wildman–Crippen MR) is 77.1 cm³/mol. The van der Waals surface area contributed by atoms with Crippen LogP contribution < -0.4 is 5.73 Å². The normalized spacial score (nSPS) is 17.4. The molecule has 0 spiro atoms. The van der Waals surface area contributed by atoms with E-state index in [2.05, 4.69) is 0 Å². The molecule has 0 aromatic heterocycles. The SMILES string of the molecule is CC.CC.CC(C)C(=O)C(N)C1CCCCC1. The molecule has 1 fully saturated rings. The summed E-state index contributed by atoms with van der Waals surface area (Å²) < 4.78 is 0. The number of nitrogens with two attached hydrogens (primary N) is 1. The summed E-state index contributed by atoms with van der Waals surface area (Å²) >= 11 is 0. The van der Waals surface area contributed by atoms with Crippen molar-refractivity contribution in [2.24, 2.45) is 17.6 Å². The van der Waals surface area contributed by atoms with E-state index in [1.807, 2.05) is 41.5 Å². The zero-order chi connectivity index (χ0) is 13.8. The molecule has 2 N–H and O–H groups in total. The van der Waals surface area contributed by atoms with E-state index in [-0.39, 0.29) is 17.7 Å². The summed E-state index contributed by atoms with van der Waals surface area (Å²) in [6.07, 6.45) is 6.13. The molecular weight excluding hydrogens is 210 g/mol. The van der Waals surface area contributed by atoms with Gasteiger partial charge in [-0.15, -0.1) is 0 Å². The van der Waals surface area contributed by atoms with E-state index >= 15 is 0 Å². The lowest BCUT2D eigenvalue weighted by molar-refractivity contribution is -0.124. The summed E-state index contributed by atoms with van der Waals surface area (Å²) in [4.78, 5) is 11.6. The fraction of sp³-hybridized carbons (Fsp3) is 0.933. The zero-order valence-corrected chi connectivity index (χ0v) is 12.8. The average molecular weight is 243 g/mol. The lowest BCUT2D eigenvalue weighted by Crippen LogP contribution is -2.41. The molecule has 104 valence electrons. The Morgan fingerprint density at radius 3 is 1.76 bits per heavy atom. The first-order valence-corrected chi connectivity index (χ1v) is 7.42. The summed E-state index contributed by atoms with van der Waals surface area (Å²) in [5, 5.41) is 0. The Labute approximate surface area is 108 Å². The number of Topliss-reactive ketones (excluding diaryl/α,β-unsaturated/α-hetero) is 1. The Morgan fingerprint density at radius 2 is 1.41 bits per heavy atom. The van der Waals surface area contributed by atoms with E-state index in [1.54, 1.807) is 0 Å². The molecule has 0 aromatic rings. The minimum atomic E-state index is -0.194. The van der Waals surface area contributed by atoms with Crippen LogP contribution in [0.4, 0.5) is 0 Å². The first-order chi connectivity index (χ1) is 8.13. The van der Waals surface area contributed by atoms with Crippen molar-refractivity contribution in [3.63, 3.8) is 0 Å². The highest BCUT2D eigenvalue weighted by atomic mass is 16.1. The number of rotatable bonds is 3. The number of carbonyl (C=O) groups excluding carboxylic acids is 1. The monoisotopic (exact) mass is 243 g/mol. The molecule has 0 amide bonds. The molecule has 2 heteroatoms. The van der Waals surface area contributed by atoms with Gasteiger partial charge < -0.3 is 5.73 Å². The lowest BCUT2D eigenvalue weighted by atomic mass is 9.81. The van der Waals surface area contributed by atoms with Crippen molar-refractivity contribution in [2.75, 3.05) is 0 Å². The van der Waals surface area contributed by atoms with Crippen molar-refractivity contribution in [1.82, 2.24) is 0 Å². The van der Waals surface area contributed by atoms with E-state index in [0.29, 0.717) is 5.92 Å². The molecule has 1 atom stereocenters. The van der Waals surface area contributed by atoms with Crippen LogP contribution in [0.5, 0.6) is 0 Å². The van der Waals surface area contributed by atoms with Gasteiger partial charge >= 0.3 is 0 Å². The van der Waals surface area contributed by atoms with Crippen LogP contribution in [0, 0.1) is 11.8 Å². The third kappa shape index (κ3) is 7.54. The smallest absolute Gasteiger partial charge is 0.152 e. The van der Waals surface area contributed by atoms with Crippen LogP contribution in [-0.4, -0.2) is 11.8 Å². The van der Waals surface area contributed by atoms with E-state index < -0.39 is 0 Å². The largest absolute Gasteiger partial charge is 0.321 e. The molecule has 1 rings (SSSR count). The Bertz CT molecular complexity index is 172. The van der Waals surface area contributed by atoms with Gasteiger partial charge in [0.15, 0.2) is 5.78 Å². The molecule has 0 radical (unpaired) electrons. The second-order valence-corrected chi connectivity index (χ2v) is 4.48. The van der Waals surface area contributed by atoms with Crippen LogP contribution in [0.15, 0.2) is 0 Å². The van der Waals surface area contributed by atoms with Crippen LogP contribution in [0.2, 0.25) is 0 Å². The van der Waals surface area contributed by atoms with Gasteiger partial charge in [0, 0.05) is 5.92 Å². The first-order valence-electron chi connectivity index (χ1n) is 7.42. The summed E-state index contributed by atoms with van der Waals surface area (Å²) in [5.74, 6) is 0.799. The van der Waals surface area contributed by atoms with Crippen LogP contribution in [0.1, 0.15) is 73.6 Å². The van der Waals surface area contributed by atoms with Crippen LogP contribution in [0.3, 0.4) is 0 Å². The molecule has 0 aliphatic heterocycles. The van der Waals surface area contributed by atoms with E-state index in [9.17, 15) is 4.79 Å². The van der Waals surface area contributed by atoms with Crippen molar-refractivity contribution in [3.8, 4) is 0 Å². The Kier molecular flexibility index (Phi) is 13.5. The molecule has 1 aliphatic rings.